The Morgan fingerprint density at radius 2 is 2.13 bits per heavy atom. The summed E-state index contributed by atoms with van der Waals surface area (Å²) < 4.78 is 11.5. The number of aliphatic imine (C=N–C) groups is 1. The Hall–Kier alpha value is -2.28. The Balaban J connectivity index is 1.68. The standard InChI is InChI=1S/C23H23ClN2O3S/c1-2-28-20-11-10-17(24)13-16(20)14-21-22(27)26(15-19-9-6-12-29-19)23(30-21)25-18-7-4-3-5-8-18/h3-5,7-8,10-11,13-14,19H,2,6,9,12,15H2,1H3/b21-14+,25-23?/t19-/m1/s1. The highest BCUT2D eigenvalue weighted by Crippen LogP contribution is 2.37. The Bertz CT molecular complexity index is 972. The summed E-state index contributed by atoms with van der Waals surface area (Å²) in [6.45, 7) is 3.70. The van der Waals surface area contributed by atoms with E-state index >= 15 is 0 Å². The van der Waals surface area contributed by atoms with Crippen LogP contribution in [0.3, 0.4) is 0 Å². The zero-order chi connectivity index (χ0) is 20.9. The first-order chi connectivity index (χ1) is 14.6. The van der Waals surface area contributed by atoms with E-state index in [2.05, 4.69) is 0 Å². The van der Waals surface area contributed by atoms with Gasteiger partial charge in [0.25, 0.3) is 5.91 Å². The van der Waals surface area contributed by atoms with Crippen LogP contribution in [0, 0.1) is 0 Å². The first-order valence-electron chi connectivity index (χ1n) is 10.0. The highest BCUT2D eigenvalue weighted by Gasteiger charge is 2.36. The summed E-state index contributed by atoms with van der Waals surface area (Å²) in [6, 6.07) is 15.1. The van der Waals surface area contributed by atoms with Gasteiger partial charge in [-0.05, 0) is 67.9 Å². The van der Waals surface area contributed by atoms with Crippen LogP contribution < -0.4 is 4.74 Å². The lowest BCUT2D eigenvalue weighted by Gasteiger charge is -2.19. The number of para-hydroxylation sites is 1. The van der Waals surface area contributed by atoms with Crippen LogP contribution in [0.1, 0.15) is 25.3 Å². The molecule has 2 aromatic rings. The molecular weight excluding hydrogens is 420 g/mol. The summed E-state index contributed by atoms with van der Waals surface area (Å²) in [5, 5.41) is 1.25. The highest BCUT2D eigenvalue weighted by molar-refractivity contribution is 8.18. The third-order valence-electron chi connectivity index (χ3n) is 4.84. The Morgan fingerprint density at radius 1 is 1.30 bits per heavy atom. The smallest absolute Gasteiger partial charge is 0.266 e. The minimum Gasteiger partial charge on any atom is -0.493 e. The third-order valence-corrected chi connectivity index (χ3v) is 6.08. The summed E-state index contributed by atoms with van der Waals surface area (Å²) in [5.41, 5.74) is 1.59. The number of amidine groups is 1. The number of nitrogens with zero attached hydrogens (tertiary/aromatic N) is 2. The zero-order valence-electron chi connectivity index (χ0n) is 16.7. The fourth-order valence-electron chi connectivity index (χ4n) is 3.42. The molecule has 2 saturated heterocycles. The number of carbonyl (C=O) groups excluding carboxylic acids is 1. The van der Waals surface area contributed by atoms with Gasteiger partial charge < -0.3 is 9.47 Å². The zero-order valence-corrected chi connectivity index (χ0v) is 18.3. The molecule has 2 fully saturated rings. The second-order valence-corrected chi connectivity index (χ2v) is 8.45. The molecule has 2 aliphatic rings. The van der Waals surface area contributed by atoms with Gasteiger partial charge in [0.2, 0.25) is 0 Å². The quantitative estimate of drug-likeness (QED) is 0.552. The molecule has 0 unspecified atom stereocenters. The lowest BCUT2D eigenvalue weighted by atomic mass is 10.1. The van der Waals surface area contributed by atoms with Crippen LogP contribution in [0.5, 0.6) is 5.75 Å². The van der Waals surface area contributed by atoms with Crippen LogP contribution in [0.4, 0.5) is 5.69 Å². The Morgan fingerprint density at radius 3 is 2.87 bits per heavy atom. The molecule has 156 valence electrons. The van der Waals surface area contributed by atoms with E-state index in [1.54, 1.807) is 11.0 Å². The molecule has 1 atom stereocenters. The second kappa shape index (κ2) is 9.69. The number of hydrogen-bond acceptors (Lipinski definition) is 5. The van der Waals surface area contributed by atoms with Crippen molar-refractivity contribution in [2.75, 3.05) is 19.8 Å². The number of halogens is 1. The lowest BCUT2D eigenvalue weighted by molar-refractivity contribution is -0.123. The maximum absolute atomic E-state index is 13.3. The van der Waals surface area contributed by atoms with E-state index in [0.29, 0.717) is 34.0 Å². The molecular formula is C23H23ClN2O3S. The van der Waals surface area contributed by atoms with Crippen molar-refractivity contribution in [3.8, 4) is 5.75 Å². The summed E-state index contributed by atoms with van der Waals surface area (Å²) in [6.07, 6.45) is 3.85. The summed E-state index contributed by atoms with van der Waals surface area (Å²) >= 11 is 7.56. The first-order valence-corrected chi connectivity index (χ1v) is 11.2. The van der Waals surface area contributed by atoms with Crippen molar-refractivity contribution in [1.82, 2.24) is 4.90 Å². The van der Waals surface area contributed by atoms with Crippen LogP contribution in [0.25, 0.3) is 6.08 Å². The van der Waals surface area contributed by atoms with Crippen molar-refractivity contribution in [2.45, 2.75) is 25.9 Å². The number of amides is 1. The van der Waals surface area contributed by atoms with Crippen molar-refractivity contribution in [3.63, 3.8) is 0 Å². The average molecular weight is 443 g/mol. The topological polar surface area (TPSA) is 51.1 Å². The molecule has 0 spiro atoms. The van der Waals surface area contributed by atoms with Gasteiger partial charge in [0.15, 0.2) is 5.17 Å². The van der Waals surface area contributed by atoms with Gasteiger partial charge in [-0.15, -0.1) is 0 Å². The molecule has 5 nitrogen and oxygen atoms in total. The summed E-state index contributed by atoms with van der Waals surface area (Å²) in [4.78, 5) is 20.3. The van der Waals surface area contributed by atoms with Crippen LogP contribution >= 0.6 is 23.4 Å². The van der Waals surface area contributed by atoms with Gasteiger partial charge in [-0.3, -0.25) is 9.69 Å². The molecule has 4 rings (SSSR count). The molecule has 2 aromatic carbocycles. The predicted octanol–water partition coefficient (Wildman–Crippen LogP) is 5.52. The van der Waals surface area contributed by atoms with Crippen molar-refractivity contribution < 1.29 is 14.3 Å². The number of benzene rings is 2. The van der Waals surface area contributed by atoms with Crippen LogP contribution in [-0.4, -0.2) is 41.8 Å². The maximum atomic E-state index is 13.3. The Kier molecular flexibility index (Phi) is 6.77. The normalized spacial score (nSPS) is 21.7. The van der Waals surface area contributed by atoms with Gasteiger partial charge in [0.05, 0.1) is 29.8 Å². The first kappa shape index (κ1) is 21.0. The fraction of sp³-hybridized carbons (Fsp3) is 0.304. The SMILES string of the molecule is CCOc1ccc(Cl)cc1/C=C1/SC(=Nc2ccccc2)N(C[C@H]2CCCO2)C1=O. The lowest BCUT2D eigenvalue weighted by Crippen LogP contribution is -2.36. The van der Waals surface area contributed by atoms with Crippen molar-refractivity contribution in [2.24, 2.45) is 4.99 Å². The van der Waals surface area contributed by atoms with Gasteiger partial charge in [-0.2, -0.15) is 0 Å². The van der Waals surface area contributed by atoms with Gasteiger partial charge in [0.1, 0.15) is 5.75 Å². The molecule has 1 amide bonds. The van der Waals surface area contributed by atoms with Crippen molar-refractivity contribution in [3.05, 3.63) is 64.0 Å². The number of rotatable bonds is 6. The third kappa shape index (κ3) is 4.89. The van der Waals surface area contributed by atoms with Crippen LogP contribution in [0.2, 0.25) is 5.02 Å². The van der Waals surface area contributed by atoms with E-state index in [0.717, 1.165) is 30.7 Å². The van der Waals surface area contributed by atoms with E-state index in [1.807, 2.05) is 55.5 Å². The molecule has 0 aromatic heterocycles. The summed E-state index contributed by atoms with van der Waals surface area (Å²) in [7, 11) is 0. The van der Waals surface area contributed by atoms with Gasteiger partial charge in [-0.25, -0.2) is 4.99 Å². The second-order valence-electron chi connectivity index (χ2n) is 7.01. The van der Waals surface area contributed by atoms with E-state index in [9.17, 15) is 4.79 Å². The molecule has 30 heavy (non-hydrogen) atoms. The number of ether oxygens (including phenoxy) is 2. The molecule has 2 aliphatic heterocycles. The minimum absolute atomic E-state index is 0.0417. The van der Waals surface area contributed by atoms with Crippen molar-refractivity contribution in [1.29, 1.82) is 0 Å². The monoisotopic (exact) mass is 442 g/mol. The van der Waals surface area contributed by atoms with Gasteiger partial charge in [0, 0.05) is 17.2 Å². The number of hydrogen-bond donors (Lipinski definition) is 0. The van der Waals surface area contributed by atoms with E-state index in [-0.39, 0.29) is 12.0 Å². The minimum atomic E-state index is -0.0763. The van der Waals surface area contributed by atoms with E-state index in [4.69, 9.17) is 26.1 Å². The summed E-state index contributed by atoms with van der Waals surface area (Å²) in [5.74, 6) is 0.620. The molecule has 0 aliphatic carbocycles. The maximum Gasteiger partial charge on any atom is 0.266 e. The molecule has 7 heteroatoms. The molecule has 0 N–H and O–H groups in total. The largest absolute Gasteiger partial charge is 0.493 e. The number of thioether (sulfide) groups is 1. The predicted molar refractivity (Wildman–Crippen MR) is 122 cm³/mol. The van der Waals surface area contributed by atoms with Crippen molar-refractivity contribution >= 4 is 46.2 Å². The molecule has 0 saturated carbocycles. The highest BCUT2D eigenvalue weighted by atomic mass is 35.5. The van der Waals surface area contributed by atoms with Gasteiger partial charge >= 0.3 is 0 Å². The fourth-order valence-corrected chi connectivity index (χ4v) is 4.60. The average Bonchev–Trinajstić information content (AvgIpc) is 3.35. The van der Waals surface area contributed by atoms with Crippen LogP contribution in [0.15, 0.2) is 58.4 Å². The molecule has 0 radical (unpaired) electrons. The molecule has 2 heterocycles. The van der Waals surface area contributed by atoms with E-state index in [1.165, 1.54) is 11.8 Å². The number of carbonyl (C=O) groups is 1. The molecule has 0 bridgehead atoms. The van der Waals surface area contributed by atoms with Crippen LogP contribution in [-0.2, 0) is 9.53 Å². The Labute approximate surface area is 185 Å². The van der Waals surface area contributed by atoms with E-state index < -0.39 is 0 Å². The van der Waals surface area contributed by atoms with Gasteiger partial charge in [-0.1, -0.05) is 29.8 Å².